The Kier molecular flexibility index (Phi) is 4.20. The lowest BCUT2D eigenvalue weighted by Gasteiger charge is -2.13. The average molecular weight is 303 g/mol. The highest BCUT2D eigenvalue weighted by Gasteiger charge is 2.09. The fraction of sp³-hybridized carbons (Fsp3) is 0.100. The summed E-state index contributed by atoms with van der Waals surface area (Å²) in [6.07, 6.45) is 0. The van der Waals surface area contributed by atoms with E-state index in [1.807, 2.05) is 26.2 Å². The van der Waals surface area contributed by atoms with Crippen LogP contribution in [0.2, 0.25) is 0 Å². The van der Waals surface area contributed by atoms with E-state index in [0.29, 0.717) is 0 Å². The third kappa shape index (κ3) is 3.14. The molecule has 0 spiro atoms. The lowest BCUT2D eigenvalue weighted by Crippen LogP contribution is -1.92. The van der Waals surface area contributed by atoms with Gasteiger partial charge >= 0.3 is 0 Å². The second kappa shape index (κ2) is 6.44. The second-order valence-corrected chi connectivity index (χ2v) is 5.46. The average Bonchev–Trinajstić information content (AvgIpc) is 2.62. The molecule has 0 saturated carbocycles. The van der Waals surface area contributed by atoms with Crippen LogP contribution in [-0.2, 0) is 0 Å². The molecule has 4 N–H and O–H groups in total. The summed E-state index contributed by atoms with van der Waals surface area (Å²) in [6.45, 7) is 0. The Balaban J connectivity index is 2.13. The van der Waals surface area contributed by atoms with E-state index < -0.39 is 0 Å². The Hall–Kier alpha value is -2.94. The van der Waals surface area contributed by atoms with E-state index in [1.54, 1.807) is 0 Å². The van der Waals surface area contributed by atoms with Gasteiger partial charge in [0.05, 0.1) is 0 Å². The number of anilines is 3. The van der Waals surface area contributed by atoms with Gasteiger partial charge in [-0.25, -0.2) is 0 Å². The third-order valence-electron chi connectivity index (χ3n) is 4.01. The van der Waals surface area contributed by atoms with Crippen LogP contribution in [0.3, 0.4) is 0 Å². The quantitative estimate of drug-likeness (QED) is 0.613. The molecule has 3 heteroatoms. The minimum absolute atomic E-state index is 0.776. The van der Waals surface area contributed by atoms with Crippen molar-refractivity contribution in [2.75, 3.05) is 30.5 Å². The minimum atomic E-state index is 0.776. The molecule has 0 saturated heterocycles. The van der Waals surface area contributed by atoms with Crippen molar-refractivity contribution in [3.8, 4) is 22.3 Å². The van der Waals surface area contributed by atoms with Gasteiger partial charge in [-0.05, 0) is 58.7 Å². The largest absolute Gasteiger partial charge is 0.399 e. The van der Waals surface area contributed by atoms with E-state index in [0.717, 1.165) is 22.6 Å². The minimum Gasteiger partial charge on any atom is -0.399 e. The molecule has 0 aliphatic carbocycles. The number of rotatable bonds is 4. The summed E-state index contributed by atoms with van der Waals surface area (Å²) in [5, 5.41) is 6.36. The molecule has 0 atom stereocenters. The lowest BCUT2D eigenvalue weighted by molar-refractivity contribution is 1.49. The molecule has 0 aliphatic rings. The molecular weight excluding hydrogens is 282 g/mol. The van der Waals surface area contributed by atoms with Crippen LogP contribution in [0.1, 0.15) is 0 Å². The first kappa shape index (κ1) is 15.0. The molecule has 0 aromatic heterocycles. The highest BCUT2D eigenvalue weighted by molar-refractivity contribution is 5.86. The molecule has 3 rings (SSSR count). The molecular formula is C20H21N3. The van der Waals surface area contributed by atoms with Crippen molar-refractivity contribution >= 4 is 17.1 Å². The van der Waals surface area contributed by atoms with Gasteiger partial charge in [0.15, 0.2) is 0 Å². The fourth-order valence-electron chi connectivity index (χ4n) is 2.67. The van der Waals surface area contributed by atoms with Crippen molar-refractivity contribution in [1.29, 1.82) is 0 Å². The van der Waals surface area contributed by atoms with Crippen LogP contribution in [0.5, 0.6) is 0 Å². The number of nitrogens with two attached hydrogens (primary N) is 1. The lowest BCUT2D eigenvalue weighted by atomic mass is 9.93. The van der Waals surface area contributed by atoms with E-state index in [2.05, 4.69) is 65.2 Å². The standard InChI is InChI=1S/C20H21N3/c1-22-17-9-5-14(6-10-17)19-12-11-18(23-2)13-20(19)15-3-7-16(21)8-4-15/h3-13,22-23H,21H2,1-2H3. The molecule has 0 aliphatic heterocycles. The van der Waals surface area contributed by atoms with Gasteiger partial charge in [0.25, 0.3) is 0 Å². The van der Waals surface area contributed by atoms with Crippen molar-refractivity contribution in [3.63, 3.8) is 0 Å². The number of benzene rings is 3. The maximum atomic E-state index is 5.82. The van der Waals surface area contributed by atoms with E-state index in [4.69, 9.17) is 5.73 Å². The Labute approximate surface area is 137 Å². The first-order chi connectivity index (χ1) is 11.2. The Morgan fingerprint density at radius 1 is 0.609 bits per heavy atom. The van der Waals surface area contributed by atoms with Gasteiger partial charge in [-0.15, -0.1) is 0 Å². The summed E-state index contributed by atoms with van der Waals surface area (Å²) >= 11 is 0. The molecule has 3 aromatic carbocycles. The summed E-state index contributed by atoms with van der Waals surface area (Å²) in [5.74, 6) is 0. The third-order valence-corrected chi connectivity index (χ3v) is 4.01. The zero-order valence-electron chi connectivity index (χ0n) is 13.4. The molecule has 0 amide bonds. The number of hydrogen-bond acceptors (Lipinski definition) is 3. The van der Waals surface area contributed by atoms with Crippen LogP contribution in [0.4, 0.5) is 17.1 Å². The summed E-state index contributed by atoms with van der Waals surface area (Å²) in [5.41, 5.74) is 13.5. The highest BCUT2D eigenvalue weighted by Crippen LogP contribution is 2.35. The molecule has 0 radical (unpaired) electrons. The Morgan fingerprint density at radius 2 is 1.13 bits per heavy atom. The molecule has 0 fully saturated rings. The topological polar surface area (TPSA) is 50.1 Å². The van der Waals surface area contributed by atoms with E-state index in [9.17, 15) is 0 Å². The zero-order chi connectivity index (χ0) is 16.2. The van der Waals surface area contributed by atoms with E-state index in [-0.39, 0.29) is 0 Å². The molecule has 0 heterocycles. The maximum Gasteiger partial charge on any atom is 0.0344 e. The van der Waals surface area contributed by atoms with Crippen molar-refractivity contribution < 1.29 is 0 Å². The predicted octanol–water partition coefficient (Wildman–Crippen LogP) is 4.69. The van der Waals surface area contributed by atoms with Gasteiger partial charge in [-0.1, -0.05) is 30.3 Å². The van der Waals surface area contributed by atoms with Gasteiger partial charge in [-0.3, -0.25) is 0 Å². The van der Waals surface area contributed by atoms with Crippen LogP contribution >= 0.6 is 0 Å². The van der Waals surface area contributed by atoms with E-state index >= 15 is 0 Å². The van der Waals surface area contributed by atoms with Crippen LogP contribution in [0.15, 0.2) is 66.7 Å². The molecule has 0 bridgehead atoms. The fourth-order valence-corrected chi connectivity index (χ4v) is 2.67. The van der Waals surface area contributed by atoms with Crippen molar-refractivity contribution in [3.05, 3.63) is 66.7 Å². The van der Waals surface area contributed by atoms with Gasteiger partial charge < -0.3 is 16.4 Å². The summed E-state index contributed by atoms with van der Waals surface area (Å²) in [7, 11) is 3.86. The van der Waals surface area contributed by atoms with E-state index in [1.165, 1.54) is 16.7 Å². The predicted molar refractivity (Wildman–Crippen MR) is 101 cm³/mol. The maximum absolute atomic E-state index is 5.82. The van der Waals surface area contributed by atoms with Crippen molar-refractivity contribution in [2.24, 2.45) is 0 Å². The molecule has 3 nitrogen and oxygen atoms in total. The van der Waals surface area contributed by atoms with Gasteiger partial charge in [0, 0.05) is 31.2 Å². The van der Waals surface area contributed by atoms with Crippen LogP contribution in [-0.4, -0.2) is 14.1 Å². The monoisotopic (exact) mass is 303 g/mol. The smallest absolute Gasteiger partial charge is 0.0344 e. The zero-order valence-corrected chi connectivity index (χ0v) is 13.4. The van der Waals surface area contributed by atoms with Crippen LogP contribution in [0.25, 0.3) is 22.3 Å². The first-order valence-electron chi connectivity index (χ1n) is 7.67. The van der Waals surface area contributed by atoms with Gasteiger partial charge in [-0.2, -0.15) is 0 Å². The molecule has 0 unspecified atom stereocenters. The van der Waals surface area contributed by atoms with Crippen LogP contribution < -0.4 is 16.4 Å². The number of nitrogens with one attached hydrogen (secondary N) is 2. The Bertz CT molecular complexity index is 790. The Morgan fingerprint density at radius 3 is 1.74 bits per heavy atom. The summed E-state index contributed by atoms with van der Waals surface area (Å²) in [4.78, 5) is 0. The SMILES string of the molecule is CNc1ccc(-c2ccc(NC)cc2-c2ccc(N)cc2)cc1. The van der Waals surface area contributed by atoms with Crippen LogP contribution in [0, 0.1) is 0 Å². The number of hydrogen-bond donors (Lipinski definition) is 3. The first-order valence-corrected chi connectivity index (χ1v) is 7.67. The summed E-state index contributed by atoms with van der Waals surface area (Å²) < 4.78 is 0. The number of nitrogen functional groups attached to an aromatic ring is 1. The van der Waals surface area contributed by atoms with Crippen molar-refractivity contribution in [1.82, 2.24) is 0 Å². The normalized spacial score (nSPS) is 10.3. The second-order valence-electron chi connectivity index (χ2n) is 5.46. The van der Waals surface area contributed by atoms with Gasteiger partial charge in [0.2, 0.25) is 0 Å². The van der Waals surface area contributed by atoms with Crippen molar-refractivity contribution in [2.45, 2.75) is 0 Å². The summed E-state index contributed by atoms with van der Waals surface area (Å²) in [6, 6.07) is 22.9. The molecule has 3 aromatic rings. The van der Waals surface area contributed by atoms with Gasteiger partial charge in [0.1, 0.15) is 0 Å². The molecule has 116 valence electrons. The highest BCUT2D eigenvalue weighted by atomic mass is 14.8. The molecule has 23 heavy (non-hydrogen) atoms.